The van der Waals surface area contributed by atoms with Crippen LogP contribution in [0.25, 0.3) is 33.4 Å². The van der Waals surface area contributed by atoms with Gasteiger partial charge in [0.05, 0.1) is 11.1 Å². The van der Waals surface area contributed by atoms with Crippen LogP contribution in [0.5, 0.6) is 11.5 Å². The molecule has 0 unspecified atom stereocenters. The smallest absolute Gasteiger partial charge is 0.405 e. The van der Waals surface area contributed by atoms with E-state index in [0.717, 1.165) is 48.5 Å². The summed E-state index contributed by atoms with van der Waals surface area (Å²) < 4.78 is 168. The van der Waals surface area contributed by atoms with Crippen LogP contribution >= 0.6 is 0 Å². The Labute approximate surface area is 234 Å². The number of fused-ring (bicyclic) bond motifs is 3. The average molecular weight is 622 g/mol. The normalized spacial score (nSPS) is 13.5. The van der Waals surface area contributed by atoms with Gasteiger partial charge in [-0.25, -0.2) is 0 Å². The van der Waals surface area contributed by atoms with E-state index < -0.39 is 58.8 Å². The molecule has 0 aliphatic heterocycles. The number of ether oxygens (including phenoxy) is 2. The molecule has 0 spiro atoms. The van der Waals surface area contributed by atoms with Gasteiger partial charge in [0, 0.05) is 11.1 Å². The van der Waals surface area contributed by atoms with Gasteiger partial charge in [-0.3, -0.25) is 0 Å². The molecule has 2 nitrogen and oxygen atoms in total. The minimum atomic E-state index is -5.25. The molecule has 1 aliphatic rings. The monoisotopic (exact) mass is 622 g/mol. The molecule has 4 aromatic carbocycles. The summed E-state index contributed by atoms with van der Waals surface area (Å²) in [4.78, 5) is 0. The second kappa shape index (κ2) is 10.1. The number of hydrogen-bond donors (Lipinski definition) is 0. The van der Waals surface area contributed by atoms with E-state index >= 15 is 0 Å². The van der Waals surface area contributed by atoms with Gasteiger partial charge in [0.25, 0.3) is 0 Å². The molecule has 5 rings (SSSR count). The first kappa shape index (κ1) is 30.1. The topological polar surface area (TPSA) is 18.5 Å². The fourth-order valence-electron chi connectivity index (χ4n) is 4.84. The molecule has 14 heteroatoms. The zero-order valence-electron chi connectivity index (χ0n) is 21.0. The van der Waals surface area contributed by atoms with Crippen molar-refractivity contribution in [1.29, 1.82) is 0 Å². The molecule has 4 aromatic rings. The van der Waals surface area contributed by atoms with Crippen LogP contribution in [-0.4, -0.2) is 12.7 Å². The number of alkyl halides is 12. The first-order chi connectivity index (χ1) is 19.8. The lowest BCUT2D eigenvalue weighted by Crippen LogP contribution is -2.18. The lowest BCUT2D eigenvalue weighted by atomic mass is 9.94. The molecule has 0 aromatic heterocycles. The summed E-state index contributed by atoms with van der Waals surface area (Å²) in [5.74, 6) is -1.72. The van der Waals surface area contributed by atoms with Crippen LogP contribution in [0.2, 0.25) is 0 Å². The Kier molecular flexibility index (Phi) is 7.09. The van der Waals surface area contributed by atoms with Gasteiger partial charge in [0.15, 0.2) is 0 Å². The number of benzene rings is 4. The summed E-state index contributed by atoms with van der Waals surface area (Å²) in [6.45, 7) is 0. The number of halogens is 12. The zero-order chi connectivity index (χ0) is 31.5. The maximum Gasteiger partial charge on any atom is 0.573 e. The summed E-state index contributed by atoms with van der Waals surface area (Å²) in [7, 11) is 0. The van der Waals surface area contributed by atoms with Gasteiger partial charge in [-0.05, 0) is 88.3 Å². The van der Waals surface area contributed by atoms with E-state index in [2.05, 4.69) is 9.47 Å². The standard InChI is InChI=1S/C29H14F12O2/c30-26(31,32)18-5-1-3-14(8-18)22-12-20-16(10-24(22)42-28(36,37)38)7-17-11-25(43-29(39,40)41)23(13-21(17)20)15-4-2-6-19(9-15)27(33,34)35/h1-6,8-13H,7H2. The molecule has 0 saturated heterocycles. The molecule has 0 bridgehead atoms. The van der Waals surface area contributed by atoms with Crippen molar-refractivity contribution in [3.63, 3.8) is 0 Å². The molecular formula is C29H14F12O2. The number of hydrogen-bond acceptors (Lipinski definition) is 2. The summed E-state index contributed by atoms with van der Waals surface area (Å²) in [6, 6.07) is 10.8. The van der Waals surface area contributed by atoms with E-state index in [0.29, 0.717) is 24.3 Å². The van der Waals surface area contributed by atoms with Gasteiger partial charge in [-0.1, -0.05) is 24.3 Å². The van der Waals surface area contributed by atoms with Crippen LogP contribution in [-0.2, 0) is 18.8 Å². The van der Waals surface area contributed by atoms with Crippen molar-refractivity contribution in [3.05, 3.63) is 95.1 Å². The molecule has 0 amide bonds. The van der Waals surface area contributed by atoms with Crippen molar-refractivity contribution in [1.82, 2.24) is 0 Å². The van der Waals surface area contributed by atoms with Gasteiger partial charge < -0.3 is 9.47 Å². The first-order valence-corrected chi connectivity index (χ1v) is 12.0. The van der Waals surface area contributed by atoms with Gasteiger partial charge >= 0.3 is 25.1 Å². The Hall–Kier alpha value is -4.36. The highest BCUT2D eigenvalue weighted by atomic mass is 19.4. The van der Waals surface area contributed by atoms with Gasteiger partial charge in [0.1, 0.15) is 11.5 Å². The lowest BCUT2D eigenvalue weighted by Gasteiger charge is -2.18. The molecule has 0 fully saturated rings. The summed E-state index contributed by atoms with van der Waals surface area (Å²) >= 11 is 0. The molecule has 226 valence electrons. The van der Waals surface area contributed by atoms with E-state index in [4.69, 9.17) is 0 Å². The van der Waals surface area contributed by atoms with Gasteiger partial charge in [0.2, 0.25) is 0 Å². The largest absolute Gasteiger partial charge is 0.573 e. The van der Waals surface area contributed by atoms with Crippen molar-refractivity contribution < 1.29 is 62.2 Å². The summed E-state index contributed by atoms with van der Waals surface area (Å²) in [5, 5.41) is 0. The van der Waals surface area contributed by atoms with Crippen molar-refractivity contribution >= 4 is 0 Å². The molecule has 0 atom stereocenters. The Morgan fingerprint density at radius 3 is 1.14 bits per heavy atom. The van der Waals surface area contributed by atoms with Crippen molar-refractivity contribution in [2.45, 2.75) is 31.5 Å². The molecule has 1 aliphatic carbocycles. The van der Waals surface area contributed by atoms with Crippen LogP contribution in [0.3, 0.4) is 0 Å². The predicted molar refractivity (Wildman–Crippen MR) is 129 cm³/mol. The van der Waals surface area contributed by atoms with Crippen molar-refractivity contribution in [2.75, 3.05) is 0 Å². The third-order valence-electron chi connectivity index (χ3n) is 6.54. The zero-order valence-corrected chi connectivity index (χ0v) is 21.0. The summed E-state index contributed by atoms with van der Waals surface area (Å²) in [5.41, 5.74) is -3.27. The third kappa shape index (κ3) is 6.52. The molecule has 0 heterocycles. The minimum absolute atomic E-state index is 0.115. The minimum Gasteiger partial charge on any atom is -0.405 e. The highest BCUT2D eigenvalue weighted by Gasteiger charge is 2.37. The van der Waals surface area contributed by atoms with E-state index in [1.165, 1.54) is 0 Å². The number of rotatable bonds is 4. The van der Waals surface area contributed by atoms with Crippen LogP contribution in [0.4, 0.5) is 52.7 Å². The molecular weight excluding hydrogens is 608 g/mol. The Morgan fingerprint density at radius 1 is 0.442 bits per heavy atom. The maximum atomic E-state index is 13.4. The lowest BCUT2D eigenvalue weighted by molar-refractivity contribution is -0.275. The van der Waals surface area contributed by atoms with E-state index in [1.54, 1.807) is 0 Å². The quantitative estimate of drug-likeness (QED) is 0.186. The first-order valence-electron chi connectivity index (χ1n) is 12.0. The fraction of sp³-hybridized carbons (Fsp3) is 0.172. The van der Waals surface area contributed by atoms with E-state index in [1.807, 2.05) is 0 Å². The van der Waals surface area contributed by atoms with Gasteiger partial charge in [-0.15, -0.1) is 26.3 Å². The second-order valence-corrected chi connectivity index (χ2v) is 9.44. The Morgan fingerprint density at radius 2 is 0.814 bits per heavy atom. The predicted octanol–water partition coefficient (Wildman–Crippen LogP) is 10.4. The van der Waals surface area contributed by atoms with Crippen LogP contribution in [0, 0.1) is 0 Å². The fourth-order valence-corrected chi connectivity index (χ4v) is 4.84. The third-order valence-corrected chi connectivity index (χ3v) is 6.54. The molecule has 0 N–H and O–H groups in total. The Bertz CT molecular complexity index is 1570. The highest BCUT2D eigenvalue weighted by Crippen LogP contribution is 2.49. The SMILES string of the molecule is FC(F)(F)Oc1cc2c(cc1-c1cccc(C(F)(F)F)c1)-c1cc(-c3cccc(C(F)(F)F)c3)c(OC(F)(F)F)cc1C2. The second-order valence-electron chi connectivity index (χ2n) is 9.44. The highest BCUT2D eigenvalue weighted by molar-refractivity contribution is 5.88. The Balaban J connectivity index is 1.72. The molecule has 0 radical (unpaired) electrons. The van der Waals surface area contributed by atoms with Crippen molar-refractivity contribution in [3.8, 4) is 44.9 Å². The van der Waals surface area contributed by atoms with Crippen LogP contribution < -0.4 is 9.47 Å². The van der Waals surface area contributed by atoms with Crippen LogP contribution in [0.1, 0.15) is 22.3 Å². The summed E-state index contributed by atoms with van der Waals surface area (Å²) in [6.07, 6.45) is -20.4. The molecule has 43 heavy (non-hydrogen) atoms. The average Bonchev–Trinajstić information content (AvgIpc) is 3.21. The van der Waals surface area contributed by atoms with Gasteiger partial charge in [-0.2, -0.15) is 26.3 Å². The maximum absolute atomic E-state index is 13.4. The van der Waals surface area contributed by atoms with E-state index in [9.17, 15) is 52.7 Å². The van der Waals surface area contributed by atoms with Crippen molar-refractivity contribution in [2.24, 2.45) is 0 Å². The van der Waals surface area contributed by atoms with E-state index in [-0.39, 0.29) is 39.8 Å². The van der Waals surface area contributed by atoms with Crippen LogP contribution in [0.15, 0.2) is 72.8 Å². The molecule has 0 saturated carbocycles.